The SMILES string of the molecule is CC(N)c1ccc(Sc2ccncc2)cn1. The average Bonchev–Trinajstić information content (AvgIpc) is 2.31. The van der Waals surface area contributed by atoms with Gasteiger partial charge in [0.1, 0.15) is 0 Å². The van der Waals surface area contributed by atoms with E-state index in [1.54, 1.807) is 24.2 Å². The number of hydrogen-bond donors (Lipinski definition) is 1. The van der Waals surface area contributed by atoms with Crippen LogP contribution in [0, 0.1) is 0 Å². The second-order valence-corrected chi connectivity index (χ2v) is 4.64. The topological polar surface area (TPSA) is 51.8 Å². The Morgan fingerprint density at radius 3 is 2.44 bits per heavy atom. The van der Waals surface area contributed by atoms with Crippen molar-refractivity contribution in [2.24, 2.45) is 5.73 Å². The van der Waals surface area contributed by atoms with E-state index >= 15 is 0 Å². The van der Waals surface area contributed by atoms with E-state index in [9.17, 15) is 0 Å². The molecule has 2 heterocycles. The molecule has 0 saturated carbocycles. The van der Waals surface area contributed by atoms with Crippen molar-refractivity contribution in [2.45, 2.75) is 22.8 Å². The van der Waals surface area contributed by atoms with Gasteiger partial charge in [0, 0.05) is 34.4 Å². The first-order valence-electron chi connectivity index (χ1n) is 5.05. The Kier molecular flexibility index (Phi) is 3.54. The summed E-state index contributed by atoms with van der Waals surface area (Å²) in [5, 5.41) is 0. The molecule has 2 aromatic rings. The van der Waals surface area contributed by atoms with Crippen LogP contribution >= 0.6 is 11.8 Å². The van der Waals surface area contributed by atoms with Crippen LogP contribution in [0.3, 0.4) is 0 Å². The molecule has 0 bridgehead atoms. The Morgan fingerprint density at radius 2 is 1.88 bits per heavy atom. The van der Waals surface area contributed by atoms with Gasteiger partial charge in [-0.3, -0.25) is 9.97 Å². The fourth-order valence-corrected chi connectivity index (χ4v) is 2.04. The molecule has 1 unspecified atom stereocenters. The largest absolute Gasteiger partial charge is 0.323 e. The molecule has 2 rings (SSSR count). The third-order valence-corrected chi connectivity index (χ3v) is 3.10. The summed E-state index contributed by atoms with van der Waals surface area (Å²) < 4.78 is 0. The van der Waals surface area contributed by atoms with E-state index in [1.165, 1.54) is 0 Å². The molecule has 0 aliphatic rings. The molecule has 2 N–H and O–H groups in total. The predicted octanol–water partition coefficient (Wildman–Crippen LogP) is 2.65. The van der Waals surface area contributed by atoms with Crippen LogP contribution in [0.25, 0.3) is 0 Å². The molecular formula is C12H13N3S. The predicted molar refractivity (Wildman–Crippen MR) is 65.2 cm³/mol. The third-order valence-electron chi connectivity index (χ3n) is 2.11. The van der Waals surface area contributed by atoms with Gasteiger partial charge in [-0.05, 0) is 31.2 Å². The maximum atomic E-state index is 5.74. The molecule has 2 aromatic heterocycles. The molecule has 0 aliphatic carbocycles. The first kappa shape index (κ1) is 11.1. The number of rotatable bonds is 3. The molecule has 1 atom stereocenters. The van der Waals surface area contributed by atoms with E-state index < -0.39 is 0 Å². The van der Waals surface area contributed by atoms with Gasteiger partial charge >= 0.3 is 0 Å². The summed E-state index contributed by atoms with van der Waals surface area (Å²) in [5.41, 5.74) is 6.65. The summed E-state index contributed by atoms with van der Waals surface area (Å²) in [6.45, 7) is 1.93. The monoisotopic (exact) mass is 231 g/mol. The van der Waals surface area contributed by atoms with E-state index in [-0.39, 0.29) is 6.04 Å². The number of nitrogens with zero attached hydrogens (tertiary/aromatic N) is 2. The van der Waals surface area contributed by atoms with Crippen LogP contribution < -0.4 is 5.73 Å². The maximum absolute atomic E-state index is 5.74. The Labute approximate surface area is 99.1 Å². The van der Waals surface area contributed by atoms with Crippen LogP contribution in [0.15, 0.2) is 52.6 Å². The summed E-state index contributed by atoms with van der Waals surface area (Å²) in [7, 11) is 0. The van der Waals surface area contributed by atoms with Gasteiger partial charge in [-0.2, -0.15) is 0 Å². The van der Waals surface area contributed by atoms with Gasteiger partial charge in [-0.25, -0.2) is 0 Å². The van der Waals surface area contributed by atoms with Gasteiger partial charge in [0.2, 0.25) is 0 Å². The second kappa shape index (κ2) is 5.09. The molecule has 0 radical (unpaired) electrons. The van der Waals surface area contributed by atoms with Crippen LogP contribution in [0.2, 0.25) is 0 Å². The Hall–Kier alpha value is -1.39. The standard InChI is InChI=1S/C12H13N3S/c1-9(13)12-3-2-11(8-15-12)16-10-4-6-14-7-5-10/h2-9H,13H2,1H3. The van der Waals surface area contributed by atoms with Gasteiger partial charge < -0.3 is 5.73 Å². The fraction of sp³-hybridized carbons (Fsp3) is 0.167. The first-order valence-corrected chi connectivity index (χ1v) is 5.87. The zero-order valence-electron chi connectivity index (χ0n) is 9.00. The normalized spacial score (nSPS) is 12.4. The van der Waals surface area contributed by atoms with E-state index in [1.807, 2.05) is 37.4 Å². The van der Waals surface area contributed by atoms with Gasteiger partial charge in [0.25, 0.3) is 0 Å². The number of nitrogens with two attached hydrogens (primary N) is 1. The molecular weight excluding hydrogens is 218 g/mol. The molecule has 16 heavy (non-hydrogen) atoms. The Bertz CT molecular complexity index is 440. The van der Waals surface area contributed by atoms with Crippen molar-refractivity contribution in [3.63, 3.8) is 0 Å². The third kappa shape index (κ3) is 2.81. The summed E-state index contributed by atoms with van der Waals surface area (Å²) in [4.78, 5) is 10.6. The molecule has 82 valence electrons. The lowest BCUT2D eigenvalue weighted by Crippen LogP contribution is -2.06. The number of hydrogen-bond acceptors (Lipinski definition) is 4. The second-order valence-electron chi connectivity index (χ2n) is 3.49. The summed E-state index contributed by atoms with van der Waals surface area (Å²) >= 11 is 1.66. The Balaban J connectivity index is 2.11. The molecule has 3 nitrogen and oxygen atoms in total. The number of aromatic nitrogens is 2. The maximum Gasteiger partial charge on any atom is 0.0569 e. The van der Waals surface area contributed by atoms with Crippen molar-refractivity contribution in [3.8, 4) is 0 Å². The van der Waals surface area contributed by atoms with E-state index in [0.29, 0.717) is 0 Å². The van der Waals surface area contributed by atoms with Crippen molar-refractivity contribution in [3.05, 3.63) is 48.5 Å². The van der Waals surface area contributed by atoms with Crippen LogP contribution in [-0.4, -0.2) is 9.97 Å². The summed E-state index contributed by atoms with van der Waals surface area (Å²) in [5.74, 6) is 0. The quantitative estimate of drug-likeness (QED) is 0.882. The van der Waals surface area contributed by atoms with Crippen LogP contribution in [0.5, 0.6) is 0 Å². The van der Waals surface area contributed by atoms with Crippen molar-refractivity contribution < 1.29 is 0 Å². The molecule has 0 amide bonds. The zero-order chi connectivity index (χ0) is 11.4. The van der Waals surface area contributed by atoms with Gasteiger partial charge in [0.05, 0.1) is 5.69 Å². The molecule has 0 aromatic carbocycles. The number of pyridine rings is 2. The van der Waals surface area contributed by atoms with E-state index in [0.717, 1.165) is 15.5 Å². The Morgan fingerprint density at radius 1 is 1.12 bits per heavy atom. The first-order chi connectivity index (χ1) is 7.75. The van der Waals surface area contributed by atoms with Crippen LogP contribution in [-0.2, 0) is 0 Å². The van der Waals surface area contributed by atoms with Gasteiger partial charge in [-0.1, -0.05) is 11.8 Å². The highest BCUT2D eigenvalue weighted by atomic mass is 32.2. The lowest BCUT2D eigenvalue weighted by atomic mass is 10.2. The molecule has 0 saturated heterocycles. The lowest BCUT2D eigenvalue weighted by Gasteiger charge is -2.05. The zero-order valence-corrected chi connectivity index (χ0v) is 9.82. The van der Waals surface area contributed by atoms with E-state index in [4.69, 9.17) is 5.73 Å². The van der Waals surface area contributed by atoms with Crippen LogP contribution in [0.1, 0.15) is 18.7 Å². The molecule has 0 aliphatic heterocycles. The minimum Gasteiger partial charge on any atom is -0.323 e. The van der Waals surface area contributed by atoms with Gasteiger partial charge in [-0.15, -0.1) is 0 Å². The average molecular weight is 231 g/mol. The lowest BCUT2D eigenvalue weighted by molar-refractivity contribution is 0.777. The highest BCUT2D eigenvalue weighted by Gasteiger charge is 2.01. The summed E-state index contributed by atoms with van der Waals surface area (Å²) in [6, 6.07) is 7.94. The van der Waals surface area contributed by atoms with Crippen molar-refractivity contribution >= 4 is 11.8 Å². The fourth-order valence-electron chi connectivity index (χ4n) is 1.26. The van der Waals surface area contributed by atoms with Crippen LogP contribution in [0.4, 0.5) is 0 Å². The minimum atomic E-state index is -0.0139. The van der Waals surface area contributed by atoms with Crippen molar-refractivity contribution in [1.29, 1.82) is 0 Å². The highest BCUT2D eigenvalue weighted by molar-refractivity contribution is 7.99. The smallest absolute Gasteiger partial charge is 0.0569 e. The highest BCUT2D eigenvalue weighted by Crippen LogP contribution is 2.26. The summed E-state index contributed by atoms with van der Waals surface area (Å²) in [6.07, 6.45) is 5.42. The van der Waals surface area contributed by atoms with Crippen molar-refractivity contribution in [2.75, 3.05) is 0 Å². The van der Waals surface area contributed by atoms with Gasteiger partial charge in [0.15, 0.2) is 0 Å². The minimum absolute atomic E-state index is 0.0139. The molecule has 4 heteroatoms. The van der Waals surface area contributed by atoms with Crippen molar-refractivity contribution in [1.82, 2.24) is 9.97 Å². The van der Waals surface area contributed by atoms with E-state index in [2.05, 4.69) is 9.97 Å². The molecule has 0 spiro atoms. The molecule has 0 fully saturated rings.